The summed E-state index contributed by atoms with van der Waals surface area (Å²) in [6.45, 7) is 3.39. The highest BCUT2D eigenvalue weighted by Crippen LogP contribution is 2.30. The van der Waals surface area contributed by atoms with E-state index in [0.29, 0.717) is 18.2 Å². The monoisotopic (exact) mass is 348 g/mol. The maximum absolute atomic E-state index is 12.5. The molecule has 0 atom stereocenters. The summed E-state index contributed by atoms with van der Waals surface area (Å²) in [6.07, 6.45) is 3.16. The molecule has 1 aliphatic carbocycles. The summed E-state index contributed by atoms with van der Waals surface area (Å²) in [6, 6.07) is 4.10. The third kappa shape index (κ3) is 5.20. The van der Waals surface area contributed by atoms with Gasteiger partial charge in [0.25, 0.3) is 0 Å². The van der Waals surface area contributed by atoms with Crippen molar-refractivity contribution in [2.75, 3.05) is 32.6 Å². The van der Waals surface area contributed by atoms with E-state index < -0.39 is 11.9 Å². The van der Waals surface area contributed by atoms with Crippen LogP contribution in [0.5, 0.6) is 0 Å². The smallest absolute Gasteiger partial charge is 0.337 e. The zero-order valence-electron chi connectivity index (χ0n) is 14.8. The highest BCUT2D eigenvalue weighted by molar-refractivity contribution is 5.99. The lowest BCUT2D eigenvalue weighted by Gasteiger charge is -2.22. The summed E-state index contributed by atoms with van der Waals surface area (Å²) in [5, 5.41) is 2.77. The lowest BCUT2D eigenvalue weighted by atomic mass is 10.1. The Hall–Kier alpha value is -2.57. The molecule has 0 radical (unpaired) electrons. The van der Waals surface area contributed by atoms with Crippen LogP contribution in [0.25, 0.3) is 0 Å². The van der Waals surface area contributed by atoms with Gasteiger partial charge in [0.2, 0.25) is 0 Å². The molecule has 0 heterocycles. The molecule has 7 heteroatoms. The number of urea groups is 1. The van der Waals surface area contributed by atoms with E-state index in [2.05, 4.69) is 5.32 Å². The molecule has 1 fully saturated rings. The summed E-state index contributed by atoms with van der Waals surface area (Å²) in [5.74, 6) is -0.612. The lowest BCUT2D eigenvalue weighted by Crippen LogP contribution is -2.37. The number of nitrogens with one attached hydrogen (secondary N) is 1. The number of methoxy groups -OCH3 is 2. The van der Waals surface area contributed by atoms with Gasteiger partial charge < -0.3 is 19.7 Å². The molecule has 1 N–H and O–H groups in total. The number of benzene rings is 1. The van der Waals surface area contributed by atoms with E-state index in [4.69, 9.17) is 9.47 Å². The number of amides is 2. The predicted molar refractivity (Wildman–Crippen MR) is 92.7 cm³/mol. The van der Waals surface area contributed by atoms with Crippen molar-refractivity contribution < 1.29 is 23.9 Å². The van der Waals surface area contributed by atoms with Crippen LogP contribution < -0.4 is 5.32 Å². The summed E-state index contributed by atoms with van der Waals surface area (Å²) in [7, 11) is 2.51. The number of anilines is 1. The first-order chi connectivity index (χ1) is 12.0. The highest BCUT2D eigenvalue weighted by atomic mass is 16.5. The van der Waals surface area contributed by atoms with Gasteiger partial charge in [-0.1, -0.05) is 6.92 Å². The number of rotatable bonds is 7. The standard InChI is InChI=1S/C18H24N2O5/c1-4-7-20(11-12-5-6-12)18(23)19-15-9-13(16(21)24-2)8-14(10-15)17(22)25-3/h8-10,12H,4-7,11H2,1-3H3,(H,19,23). The number of carbonyl (C=O) groups is 3. The summed E-state index contributed by atoms with van der Waals surface area (Å²) >= 11 is 0. The topological polar surface area (TPSA) is 84.9 Å². The Morgan fingerprint density at radius 3 is 2.08 bits per heavy atom. The normalized spacial score (nSPS) is 13.1. The molecule has 136 valence electrons. The first-order valence-corrected chi connectivity index (χ1v) is 8.36. The van der Waals surface area contributed by atoms with Crippen LogP contribution in [0.4, 0.5) is 10.5 Å². The zero-order chi connectivity index (χ0) is 18.4. The third-order valence-electron chi connectivity index (χ3n) is 3.98. The van der Waals surface area contributed by atoms with Crippen LogP contribution in [-0.4, -0.2) is 50.2 Å². The Morgan fingerprint density at radius 1 is 1.08 bits per heavy atom. The first-order valence-electron chi connectivity index (χ1n) is 8.36. The fourth-order valence-electron chi connectivity index (χ4n) is 2.53. The Labute approximate surface area is 147 Å². The van der Waals surface area contributed by atoms with E-state index >= 15 is 0 Å². The van der Waals surface area contributed by atoms with Gasteiger partial charge in [-0.05, 0) is 43.4 Å². The van der Waals surface area contributed by atoms with Crippen molar-refractivity contribution in [2.45, 2.75) is 26.2 Å². The van der Waals surface area contributed by atoms with E-state index in [1.165, 1.54) is 32.4 Å². The maximum Gasteiger partial charge on any atom is 0.337 e. The van der Waals surface area contributed by atoms with Crippen molar-refractivity contribution in [3.63, 3.8) is 0 Å². The van der Waals surface area contributed by atoms with Crippen LogP contribution in [0.3, 0.4) is 0 Å². The van der Waals surface area contributed by atoms with E-state index in [-0.39, 0.29) is 17.2 Å². The highest BCUT2D eigenvalue weighted by Gasteiger charge is 2.26. The fraction of sp³-hybridized carbons (Fsp3) is 0.500. The van der Waals surface area contributed by atoms with E-state index in [9.17, 15) is 14.4 Å². The van der Waals surface area contributed by atoms with Crippen molar-refractivity contribution in [3.05, 3.63) is 29.3 Å². The van der Waals surface area contributed by atoms with Crippen molar-refractivity contribution in [2.24, 2.45) is 5.92 Å². The van der Waals surface area contributed by atoms with Crippen molar-refractivity contribution >= 4 is 23.7 Å². The van der Waals surface area contributed by atoms with Crippen LogP contribution in [0.15, 0.2) is 18.2 Å². The molecule has 25 heavy (non-hydrogen) atoms. The number of esters is 2. The molecule has 0 bridgehead atoms. The molecular weight excluding hydrogens is 324 g/mol. The zero-order valence-corrected chi connectivity index (χ0v) is 14.8. The van der Waals surface area contributed by atoms with Gasteiger partial charge >= 0.3 is 18.0 Å². The number of hydrogen-bond donors (Lipinski definition) is 1. The molecule has 1 aromatic carbocycles. The molecule has 1 saturated carbocycles. The predicted octanol–water partition coefficient (Wildman–Crippen LogP) is 2.91. The minimum Gasteiger partial charge on any atom is -0.465 e. The van der Waals surface area contributed by atoms with Gasteiger partial charge in [0.15, 0.2) is 0 Å². The molecule has 1 aliphatic rings. The quantitative estimate of drug-likeness (QED) is 0.766. The molecule has 7 nitrogen and oxygen atoms in total. The van der Waals surface area contributed by atoms with Gasteiger partial charge in [-0.3, -0.25) is 0 Å². The molecule has 2 rings (SSSR count). The number of carbonyl (C=O) groups excluding carboxylic acids is 3. The van der Waals surface area contributed by atoms with Gasteiger partial charge in [0.05, 0.1) is 25.3 Å². The molecule has 1 aromatic rings. The Morgan fingerprint density at radius 2 is 1.64 bits per heavy atom. The molecule has 0 unspecified atom stereocenters. The molecule has 0 saturated heterocycles. The van der Waals surface area contributed by atoms with Gasteiger partial charge in [-0.25, -0.2) is 14.4 Å². The largest absolute Gasteiger partial charge is 0.465 e. The van der Waals surface area contributed by atoms with Crippen LogP contribution in [0.1, 0.15) is 46.9 Å². The van der Waals surface area contributed by atoms with Gasteiger partial charge in [-0.2, -0.15) is 0 Å². The number of hydrogen-bond acceptors (Lipinski definition) is 5. The Kier molecular flexibility index (Phi) is 6.38. The van der Waals surface area contributed by atoms with Gasteiger partial charge in [-0.15, -0.1) is 0 Å². The fourth-order valence-corrected chi connectivity index (χ4v) is 2.53. The maximum atomic E-state index is 12.5. The minimum atomic E-state index is -0.593. The van der Waals surface area contributed by atoms with Crippen LogP contribution in [0.2, 0.25) is 0 Å². The average molecular weight is 348 g/mol. The first kappa shape index (κ1) is 18.8. The lowest BCUT2D eigenvalue weighted by molar-refractivity contribution is 0.0599. The summed E-state index contributed by atoms with van der Waals surface area (Å²) < 4.78 is 9.39. The van der Waals surface area contributed by atoms with E-state index in [1.807, 2.05) is 6.92 Å². The Balaban J connectivity index is 2.21. The average Bonchev–Trinajstić information content (AvgIpc) is 3.43. The minimum absolute atomic E-state index is 0.171. The second kappa shape index (κ2) is 8.50. The number of ether oxygens (including phenoxy) is 2. The number of nitrogens with zero attached hydrogens (tertiary/aromatic N) is 1. The van der Waals surface area contributed by atoms with E-state index in [1.54, 1.807) is 4.90 Å². The van der Waals surface area contributed by atoms with E-state index in [0.717, 1.165) is 25.8 Å². The van der Waals surface area contributed by atoms with Gasteiger partial charge in [0, 0.05) is 18.8 Å². The summed E-state index contributed by atoms with van der Waals surface area (Å²) in [4.78, 5) is 37.9. The van der Waals surface area contributed by atoms with Crippen molar-refractivity contribution in [3.8, 4) is 0 Å². The molecule has 2 amide bonds. The summed E-state index contributed by atoms with van der Waals surface area (Å²) in [5.41, 5.74) is 0.695. The second-order valence-corrected chi connectivity index (χ2v) is 6.10. The van der Waals surface area contributed by atoms with Crippen molar-refractivity contribution in [1.82, 2.24) is 4.90 Å². The second-order valence-electron chi connectivity index (χ2n) is 6.10. The van der Waals surface area contributed by atoms with Crippen molar-refractivity contribution in [1.29, 1.82) is 0 Å². The molecular formula is C18H24N2O5. The Bertz CT molecular complexity index is 621. The SMILES string of the molecule is CCCN(CC1CC1)C(=O)Nc1cc(C(=O)OC)cc(C(=O)OC)c1. The van der Waals surface area contributed by atoms with Gasteiger partial charge in [0.1, 0.15) is 0 Å². The van der Waals surface area contributed by atoms with Crippen LogP contribution >= 0.6 is 0 Å². The molecule has 0 aromatic heterocycles. The third-order valence-corrected chi connectivity index (χ3v) is 3.98. The van der Waals surface area contributed by atoms with Crippen LogP contribution in [0, 0.1) is 5.92 Å². The van der Waals surface area contributed by atoms with Crippen LogP contribution in [-0.2, 0) is 9.47 Å². The molecule has 0 spiro atoms. The molecule has 0 aliphatic heterocycles.